The van der Waals surface area contributed by atoms with Crippen molar-refractivity contribution in [1.82, 2.24) is 10.6 Å². The van der Waals surface area contributed by atoms with Gasteiger partial charge in [-0.15, -0.1) is 0 Å². The average Bonchev–Trinajstić information content (AvgIpc) is 2.80. The second kappa shape index (κ2) is 10.5. The van der Waals surface area contributed by atoms with E-state index < -0.39 is 41.7 Å². The van der Waals surface area contributed by atoms with Crippen LogP contribution in [0.4, 0.5) is 36.8 Å². The van der Waals surface area contributed by atoms with Gasteiger partial charge in [-0.2, -0.15) is 26.3 Å². The Kier molecular flexibility index (Phi) is 7.83. The number of hydrogen-bond acceptors (Lipinski definition) is 4. The number of carbonyl (C=O) groups is 1. The maximum Gasteiger partial charge on any atom is 0.421 e. The molecule has 4 atom stereocenters. The van der Waals surface area contributed by atoms with Crippen molar-refractivity contribution in [2.24, 2.45) is 0 Å². The zero-order valence-electron chi connectivity index (χ0n) is 21.7. The highest BCUT2D eigenvalue weighted by molar-refractivity contribution is 5.89. The number of para-hydroxylation sites is 1. The Morgan fingerprint density at radius 1 is 1.03 bits per heavy atom. The second-order valence-corrected chi connectivity index (χ2v) is 10.5. The van der Waals surface area contributed by atoms with E-state index in [0.717, 1.165) is 13.8 Å². The first-order valence-corrected chi connectivity index (χ1v) is 12.6. The number of carbonyl (C=O) groups excluding carboxylic acids is 1. The van der Waals surface area contributed by atoms with E-state index in [0.29, 0.717) is 12.8 Å². The maximum atomic E-state index is 13.9. The van der Waals surface area contributed by atoms with Gasteiger partial charge in [0.05, 0.1) is 18.1 Å². The summed E-state index contributed by atoms with van der Waals surface area (Å²) in [4.78, 5) is 12.8. The topological polar surface area (TPSA) is 71.6 Å². The number of amides is 2. The van der Waals surface area contributed by atoms with Gasteiger partial charge in [0.15, 0.2) is 11.8 Å². The van der Waals surface area contributed by atoms with Gasteiger partial charge in [0.25, 0.3) is 0 Å². The molecule has 2 aromatic carbocycles. The van der Waals surface area contributed by atoms with Gasteiger partial charge in [-0.3, -0.25) is 5.32 Å². The summed E-state index contributed by atoms with van der Waals surface area (Å²) >= 11 is 0. The average molecular weight is 560 g/mol. The van der Waals surface area contributed by atoms with E-state index in [9.17, 15) is 31.1 Å². The quantitative estimate of drug-likeness (QED) is 0.360. The number of alkyl halides is 6. The Bertz CT molecular complexity index is 1160. The van der Waals surface area contributed by atoms with E-state index in [4.69, 9.17) is 9.47 Å². The normalized spacial score (nSPS) is 25.9. The zero-order valence-corrected chi connectivity index (χ0v) is 21.7. The number of anilines is 1. The van der Waals surface area contributed by atoms with Crippen molar-refractivity contribution in [2.45, 2.75) is 81.7 Å². The van der Waals surface area contributed by atoms with Crippen LogP contribution in [0.5, 0.6) is 5.75 Å². The number of ether oxygens (including phenoxy) is 2. The van der Waals surface area contributed by atoms with Gasteiger partial charge in [0.2, 0.25) is 0 Å². The molecule has 2 saturated heterocycles. The van der Waals surface area contributed by atoms with E-state index in [1.807, 2.05) is 6.92 Å². The molecule has 0 radical (unpaired) electrons. The molecule has 2 aliphatic rings. The Morgan fingerprint density at radius 3 is 2.23 bits per heavy atom. The first kappa shape index (κ1) is 29.0. The summed E-state index contributed by atoms with van der Waals surface area (Å²) in [7, 11) is 0. The van der Waals surface area contributed by atoms with Crippen LogP contribution in [0, 0.1) is 0 Å². The Hall–Kier alpha value is -2.99. The lowest BCUT2D eigenvalue weighted by Crippen LogP contribution is -2.59. The van der Waals surface area contributed by atoms with Gasteiger partial charge in [-0.25, -0.2) is 4.79 Å². The molecule has 12 heteroatoms. The maximum absolute atomic E-state index is 13.9. The molecule has 2 aliphatic heterocycles. The number of halogens is 6. The molecule has 4 rings (SSSR count). The predicted molar refractivity (Wildman–Crippen MR) is 132 cm³/mol. The van der Waals surface area contributed by atoms with Crippen LogP contribution < -0.4 is 20.7 Å². The first-order valence-electron chi connectivity index (χ1n) is 12.6. The van der Waals surface area contributed by atoms with Gasteiger partial charge in [-0.05, 0) is 57.4 Å². The molecule has 4 unspecified atom stereocenters. The highest BCUT2D eigenvalue weighted by atomic mass is 19.4. The summed E-state index contributed by atoms with van der Waals surface area (Å²) in [6.07, 6.45) is -9.00. The largest absolute Gasteiger partial charge is 0.473 e. The number of hydrogen-bond donors (Lipinski definition) is 3. The van der Waals surface area contributed by atoms with Gasteiger partial charge >= 0.3 is 18.4 Å². The number of piperidine rings is 1. The molecular formula is C27H31F6N3O3. The zero-order chi connectivity index (χ0) is 28.6. The SMILES string of the molecule is CC1CCC(NC(=O)Nc2ccc(C(C)(C)C(F)(F)F)cc2)C(Oc2ccccc2C2(C(F)(F)F)CCO2)N1. The van der Waals surface area contributed by atoms with Crippen molar-refractivity contribution in [3.8, 4) is 5.75 Å². The molecule has 6 nitrogen and oxygen atoms in total. The Morgan fingerprint density at radius 2 is 1.67 bits per heavy atom. The van der Waals surface area contributed by atoms with Crippen LogP contribution >= 0.6 is 0 Å². The number of rotatable bonds is 6. The van der Waals surface area contributed by atoms with E-state index in [1.54, 1.807) is 6.07 Å². The van der Waals surface area contributed by atoms with Crippen LogP contribution in [-0.2, 0) is 15.8 Å². The van der Waals surface area contributed by atoms with Crippen molar-refractivity contribution in [3.05, 3.63) is 59.7 Å². The van der Waals surface area contributed by atoms with Crippen LogP contribution in [-0.4, -0.2) is 43.3 Å². The number of benzene rings is 2. The Balaban J connectivity index is 1.47. The highest BCUT2D eigenvalue weighted by Crippen LogP contribution is 2.52. The third kappa shape index (κ3) is 5.81. The lowest BCUT2D eigenvalue weighted by molar-refractivity contribution is -0.334. The molecule has 2 heterocycles. The van der Waals surface area contributed by atoms with Gasteiger partial charge < -0.3 is 20.1 Å². The summed E-state index contributed by atoms with van der Waals surface area (Å²) in [5, 5.41) is 8.55. The second-order valence-electron chi connectivity index (χ2n) is 10.5. The van der Waals surface area contributed by atoms with Crippen LogP contribution in [0.3, 0.4) is 0 Å². The first-order chi connectivity index (χ1) is 18.1. The number of nitrogens with one attached hydrogen (secondary N) is 3. The molecule has 0 aromatic heterocycles. The Labute approximate surface area is 222 Å². The minimum atomic E-state index is -4.64. The summed E-state index contributed by atoms with van der Waals surface area (Å²) in [5.74, 6) is -0.00352. The summed E-state index contributed by atoms with van der Waals surface area (Å²) in [5.41, 5.74) is -4.31. The van der Waals surface area contributed by atoms with Gasteiger partial charge in [0.1, 0.15) is 5.75 Å². The lowest BCUT2D eigenvalue weighted by atomic mass is 9.84. The standard InChI is InChI=1S/C27H31F6N3O3/c1-16-8-13-20(36-23(37)35-18-11-9-17(10-12-18)24(2,3)26(28,29)30)22(34-16)39-21-7-5-4-6-19(21)25(14-15-38-25)27(31,32)33/h4-7,9-12,16,20,22,34H,8,13-15H2,1-3H3,(H2,35,36,37). The highest BCUT2D eigenvalue weighted by Gasteiger charge is 2.62. The molecular weight excluding hydrogens is 528 g/mol. The molecule has 0 spiro atoms. The minimum Gasteiger partial charge on any atom is -0.473 e. The molecule has 2 fully saturated rings. The number of urea groups is 1. The molecule has 39 heavy (non-hydrogen) atoms. The van der Waals surface area contributed by atoms with Crippen molar-refractivity contribution in [3.63, 3.8) is 0 Å². The fourth-order valence-electron chi connectivity index (χ4n) is 4.73. The third-order valence-corrected chi connectivity index (χ3v) is 7.45. The van der Waals surface area contributed by atoms with Gasteiger partial charge in [0, 0.05) is 23.7 Å². The fraction of sp³-hybridized carbons (Fsp3) is 0.519. The van der Waals surface area contributed by atoms with Crippen molar-refractivity contribution >= 4 is 11.7 Å². The van der Waals surface area contributed by atoms with Crippen LogP contribution in [0.25, 0.3) is 0 Å². The van der Waals surface area contributed by atoms with Crippen LogP contribution in [0.2, 0.25) is 0 Å². The van der Waals surface area contributed by atoms with Crippen LogP contribution in [0.15, 0.2) is 48.5 Å². The third-order valence-electron chi connectivity index (χ3n) is 7.45. The van der Waals surface area contributed by atoms with E-state index in [1.165, 1.54) is 42.5 Å². The molecule has 2 amide bonds. The molecule has 0 aliphatic carbocycles. The monoisotopic (exact) mass is 559 g/mol. The molecule has 0 bridgehead atoms. The molecule has 214 valence electrons. The molecule has 3 N–H and O–H groups in total. The molecule has 2 aromatic rings. The smallest absolute Gasteiger partial charge is 0.421 e. The van der Waals surface area contributed by atoms with Crippen molar-refractivity contribution in [1.29, 1.82) is 0 Å². The predicted octanol–water partition coefficient (Wildman–Crippen LogP) is 6.37. The van der Waals surface area contributed by atoms with Gasteiger partial charge in [-0.1, -0.05) is 30.3 Å². The lowest BCUT2D eigenvalue weighted by Gasteiger charge is -2.44. The van der Waals surface area contributed by atoms with Crippen molar-refractivity contribution in [2.75, 3.05) is 11.9 Å². The summed E-state index contributed by atoms with van der Waals surface area (Å²) in [6.45, 7) is 4.02. The van der Waals surface area contributed by atoms with Crippen LogP contribution in [0.1, 0.15) is 51.2 Å². The summed E-state index contributed by atoms with van der Waals surface area (Å²) < 4.78 is 92.9. The summed E-state index contributed by atoms with van der Waals surface area (Å²) in [6, 6.07) is 9.90. The fourth-order valence-corrected chi connectivity index (χ4v) is 4.73. The van der Waals surface area contributed by atoms with Crippen molar-refractivity contribution < 1.29 is 40.6 Å². The molecule has 0 saturated carbocycles. The van der Waals surface area contributed by atoms with E-state index in [2.05, 4.69) is 16.0 Å². The minimum absolute atomic E-state index is 0.00352. The van der Waals surface area contributed by atoms with E-state index in [-0.39, 0.29) is 41.6 Å². The van der Waals surface area contributed by atoms with E-state index >= 15 is 0 Å².